The Morgan fingerprint density at radius 1 is 1.30 bits per heavy atom. The van der Waals surface area contributed by atoms with E-state index >= 15 is 0 Å². The van der Waals surface area contributed by atoms with Crippen LogP contribution in [-0.2, 0) is 21.2 Å². The van der Waals surface area contributed by atoms with Crippen molar-refractivity contribution in [1.82, 2.24) is 15.3 Å². The van der Waals surface area contributed by atoms with Crippen LogP contribution >= 0.6 is 0 Å². The molecule has 1 amide bonds. The molecule has 160 valence electrons. The zero-order chi connectivity index (χ0) is 22.1. The fraction of sp³-hybridized carbons (Fsp3) is 0.300. The Balaban J connectivity index is 1.89. The van der Waals surface area contributed by atoms with E-state index in [-0.39, 0.29) is 13.0 Å². The van der Waals surface area contributed by atoms with Crippen LogP contribution in [0.25, 0.3) is 22.0 Å². The first-order chi connectivity index (χ1) is 14.1. The lowest BCUT2D eigenvalue weighted by atomic mass is 10.0. The maximum atomic E-state index is 14.4. The first-order valence-electron chi connectivity index (χ1n) is 9.04. The number of fused-ring (bicyclic) bond motifs is 1. The third-order valence-electron chi connectivity index (χ3n) is 5.26. The average molecular weight is 435 g/mol. The predicted octanol–water partition coefficient (Wildman–Crippen LogP) is 2.55. The molecule has 3 aromatic rings. The van der Waals surface area contributed by atoms with Crippen molar-refractivity contribution in [2.75, 3.05) is 13.4 Å². The van der Waals surface area contributed by atoms with Crippen molar-refractivity contribution in [2.24, 2.45) is 0 Å². The zero-order valence-corrected chi connectivity index (χ0v) is 17.5. The summed E-state index contributed by atoms with van der Waals surface area (Å²) in [5, 5.41) is 14.0. The van der Waals surface area contributed by atoms with E-state index in [2.05, 4.69) is 5.10 Å². The van der Waals surface area contributed by atoms with Crippen molar-refractivity contribution in [1.29, 1.82) is 0 Å². The maximum Gasteiger partial charge on any atom is 0.264 e. The van der Waals surface area contributed by atoms with Gasteiger partial charge in [-0.2, -0.15) is 5.10 Å². The first kappa shape index (κ1) is 21.7. The summed E-state index contributed by atoms with van der Waals surface area (Å²) in [6, 6.07) is 9.86. The quantitative estimate of drug-likeness (QED) is 0.436. The number of nitrogens with zero attached hydrogens (tertiary/aromatic N) is 2. The number of carbonyl (C=O) groups is 1. The molecule has 8 nitrogen and oxygen atoms in total. The van der Waals surface area contributed by atoms with E-state index in [9.17, 15) is 17.6 Å². The Kier molecular flexibility index (Phi) is 5.82. The molecule has 10 heteroatoms. The van der Waals surface area contributed by atoms with Gasteiger partial charge in [0.05, 0.1) is 12.6 Å². The van der Waals surface area contributed by atoms with Gasteiger partial charge in [0.2, 0.25) is 0 Å². The third kappa shape index (κ3) is 4.01. The second-order valence-corrected chi connectivity index (χ2v) is 9.65. The number of benzene rings is 2. The molecule has 3 rings (SSSR count). The minimum absolute atomic E-state index is 0.0911. The van der Waals surface area contributed by atoms with Crippen molar-refractivity contribution in [3.63, 3.8) is 0 Å². The smallest absolute Gasteiger partial charge is 0.264 e. The molecule has 1 aromatic heterocycles. The second-order valence-electron chi connectivity index (χ2n) is 7.21. The number of hydrogen-bond acceptors (Lipinski definition) is 6. The molecule has 0 spiro atoms. The molecule has 0 saturated carbocycles. The number of hydroxylamine groups is 1. The van der Waals surface area contributed by atoms with Gasteiger partial charge in [-0.25, -0.2) is 18.3 Å². The molecule has 0 aliphatic carbocycles. The molecule has 0 aliphatic rings. The minimum Gasteiger partial charge on any atom is -0.497 e. The number of methoxy groups -OCH3 is 1. The summed E-state index contributed by atoms with van der Waals surface area (Å²) in [6.07, 6.45) is 2.55. The summed E-state index contributed by atoms with van der Waals surface area (Å²) >= 11 is 0. The Morgan fingerprint density at radius 3 is 2.63 bits per heavy atom. The fourth-order valence-electron chi connectivity index (χ4n) is 3.13. The number of rotatable bonds is 7. The molecule has 2 aromatic carbocycles. The molecule has 0 saturated heterocycles. The molecule has 0 unspecified atom stereocenters. The monoisotopic (exact) mass is 435 g/mol. The molecule has 30 heavy (non-hydrogen) atoms. The van der Waals surface area contributed by atoms with Crippen LogP contribution in [0.3, 0.4) is 0 Å². The number of halogens is 1. The largest absolute Gasteiger partial charge is 0.497 e. The number of sulfone groups is 1. The maximum absolute atomic E-state index is 14.4. The highest BCUT2D eigenvalue weighted by Gasteiger charge is 2.43. The van der Waals surface area contributed by atoms with Gasteiger partial charge >= 0.3 is 0 Å². The van der Waals surface area contributed by atoms with Gasteiger partial charge in [-0.15, -0.1) is 0 Å². The Labute approximate surface area is 173 Å². The van der Waals surface area contributed by atoms with Crippen LogP contribution in [0.5, 0.6) is 5.75 Å². The number of aromatic nitrogens is 2. The molecule has 0 aliphatic heterocycles. The molecule has 0 bridgehead atoms. The highest BCUT2D eigenvalue weighted by Crippen LogP contribution is 2.29. The zero-order valence-electron chi connectivity index (χ0n) is 16.7. The van der Waals surface area contributed by atoms with Crippen molar-refractivity contribution >= 4 is 26.6 Å². The lowest BCUT2D eigenvalue weighted by molar-refractivity contribution is -0.131. The van der Waals surface area contributed by atoms with Crippen LogP contribution in [0.4, 0.5) is 4.39 Å². The van der Waals surface area contributed by atoms with Crippen LogP contribution in [0, 0.1) is 5.82 Å². The normalized spacial score (nSPS) is 13.8. The van der Waals surface area contributed by atoms with Crippen LogP contribution in [0.15, 0.2) is 42.6 Å². The molecular formula is C20H22FN3O5S. The molecule has 2 N–H and O–H groups in total. The third-order valence-corrected chi connectivity index (χ3v) is 7.28. The summed E-state index contributed by atoms with van der Waals surface area (Å²) in [5.74, 6) is -0.995. The standard InChI is InChI=1S/C20H22FN3O5S/c1-20(19(25)23-26,30(3,27)28)8-9-24-12-14-10-13(4-7-18(14)22-24)16-6-5-15(29-2)11-17(16)21/h4-7,10-12,26H,8-9H2,1-3H3,(H,23,25)/t20-/m1/s1. The molecule has 1 heterocycles. The van der Waals surface area contributed by atoms with Crippen molar-refractivity contribution in [3.05, 3.63) is 48.4 Å². The van der Waals surface area contributed by atoms with Gasteiger partial charge in [0.1, 0.15) is 11.6 Å². The van der Waals surface area contributed by atoms with E-state index in [0.29, 0.717) is 22.4 Å². The average Bonchev–Trinajstić information content (AvgIpc) is 3.12. The van der Waals surface area contributed by atoms with E-state index in [4.69, 9.17) is 9.94 Å². The lowest BCUT2D eigenvalue weighted by Crippen LogP contribution is -2.49. The van der Waals surface area contributed by atoms with E-state index in [1.165, 1.54) is 30.3 Å². The highest BCUT2D eigenvalue weighted by molar-refractivity contribution is 7.92. The van der Waals surface area contributed by atoms with Crippen LogP contribution in [-0.4, -0.2) is 47.4 Å². The number of carbonyl (C=O) groups excluding carboxylic acids is 1. The molecule has 1 atom stereocenters. The Bertz CT molecular complexity index is 1210. The van der Waals surface area contributed by atoms with Gasteiger partial charge in [0, 0.05) is 36.0 Å². The van der Waals surface area contributed by atoms with Gasteiger partial charge in [0.25, 0.3) is 5.91 Å². The molecular weight excluding hydrogens is 413 g/mol. The van der Waals surface area contributed by atoms with Gasteiger partial charge in [-0.3, -0.25) is 14.7 Å². The van der Waals surface area contributed by atoms with E-state index < -0.39 is 26.3 Å². The fourth-order valence-corrected chi connectivity index (χ4v) is 3.97. The Hall–Kier alpha value is -2.98. The summed E-state index contributed by atoms with van der Waals surface area (Å²) < 4.78 is 43.3. The van der Waals surface area contributed by atoms with Crippen LogP contribution < -0.4 is 10.2 Å². The topological polar surface area (TPSA) is 111 Å². The molecule has 0 fully saturated rings. The van der Waals surface area contributed by atoms with E-state index in [1.807, 2.05) is 0 Å². The van der Waals surface area contributed by atoms with Gasteiger partial charge in [-0.1, -0.05) is 6.07 Å². The first-order valence-corrected chi connectivity index (χ1v) is 10.9. The summed E-state index contributed by atoms with van der Waals surface area (Å²) in [7, 11) is -2.33. The summed E-state index contributed by atoms with van der Waals surface area (Å²) in [4.78, 5) is 11.9. The second kappa shape index (κ2) is 8.04. The van der Waals surface area contributed by atoms with Crippen molar-refractivity contribution in [2.45, 2.75) is 24.6 Å². The highest BCUT2D eigenvalue weighted by atomic mass is 32.2. The Morgan fingerprint density at radius 2 is 2.03 bits per heavy atom. The number of aryl methyl sites for hydroxylation is 1. The van der Waals surface area contributed by atoms with Gasteiger partial charge in [0.15, 0.2) is 14.6 Å². The van der Waals surface area contributed by atoms with E-state index in [0.717, 1.165) is 11.6 Å². The van der Waals surface area contributed by atoms with E-state index in [1.54, 1.807) is 36.5 Å². The van der Waals surface area contributed by atoms with Crippen LogP contribution in [0.2, 0.25) is 0 Å². The summed E-state index contributed by atoms with van der Waals surface area (Å²) in [6.45, 7) is 1.37. The van der Waals surface area contributed by atoms with Crippen molar-refractivity contribution in [3.8, 4) is 16.9 Å². The van der Waals surface area contributed by atoms with Gasteiger partial charge < -0.3 is 4.74 Å². The lowest BCUT2D eigenvalue weighted by Gasteiger charge is -2.24. The number of nitrogens with one attached hydrogen (secondary N) is 1. The molecule has 0 radical (unpaired) electrons. The number of hydrogen-bond donors (Lipinski definition) is 2. The SMILES string of the molecule is COc1ccc(-c2ccc3nn(CC[C@](C)(C(=O)NO)S(C)(=O)=O)cc3c2)c(F)c1. The minimum atomic E-state index is -3.79. The summed E-state index contributed by atoms with van der Waals surface area (Å²) in [5.41, 5.74) is 3.13. The predicted molar refractivity (Wildman–Crippen MR) is 109 cm³/mol. The number of amides is 1. The van der Waals surface area contributed by atoms with Crippen molar-refractivity contribution < 1.29 is 27.5 Å². The van der Waals surface area contributed by atoms with Gasteiger partial charge in [-0.05, 0) is 43.2 Å². The van der Waals surface area contributed by atoms with Crippen LogP contribution in [0.1, 0.15) is 13.3 Å². The number of ether oxygens (including phenoxy) is 1.